The lowest BCUT2D eigenvalue weighted by molar-refractivity contribution is -0.323. The number of aliphatic hydroxyl groups excluding tert-OH is 4. The summed E-state index contributed by atoms with van der Waals surface area (Å²) in [5.74, 6) is -2.61. The Morgan fingerprint density at radius 2 is 1.65 bits per heavy atom. The molecule has 3 heterocycles. The predicted molar refractivity (Wildman–Crippen MR) is 188 cm³/mol. The van der Waals surface area contributed by atoms with Crippen LogP contribution in [0.15, 0.2) is 23.3 Å². The molecule has 0 bridgehead atoms. The average Bonchev–Trinajstić information content (AvgIpc) is 3.41. The lowest BCUT2D eigenvalue weighted by Crippen LogP contribution is -2.66. The highest BCUT2D eigenvalue weighted by atomic mass is 17.2. The van der Waals surface area contributed by atoms with E-state index in [0.717, 1.165) is 25.7 Å². The zero-order valence-corrected chi connectivity index (χ0v) is 32.2. The summed E-state index contributed by atoms with van der Waals surface area (Å²) in [6.45, 7) is 8.55. The summed E-state index contributed by atoms with van der Waals surface area (Å²) >= 11 is 0. The summed E-state index contributed by atoms with van der Waals surface area (Å²) in [5, 5.41) is 43.4. The monoisotopic (exact) mass is 768 g/mol. The molecule has 5 rings (SSSR count). The van der Waals surface area contributed by atoms with Crippen molar-refractivity contribution in [3.8, 4) is 0 Å². The number of rotatable bonds is 16. The molecule has 13 atom stereocenters. The van der Waals surface area contributed by atoms with Crippen LogP contribution in [0, 0.1) is 22.7 Å². The first-order valence-electron chi connectivity index (χ1n) is 19.6. The van der Waals surface area contributed by atoms with Gasteiger partial charge in [0.25, 0.3) is 0 Å². The predicted octanol–water partition coefficient (Wildman–Crippen LogP) is 3.29. The summed E-state index contributed by atoms with van der Waals surface area (Å²) < 4.78 is 36.4. The Morgan fingerprint density at radius 3 is 2.31 bits per heavy atom. The Morgan fingerprint density at radius 1 is 0.944 bits per heavy atom. The molecule has 0 radical (unpaired) electrons. The van der Waals surface area contributed by atoms with Crippen molar-refractivity contribution in [1.29, 1.82) is 0 Å². The molecule has 0 aromatic rings. The minimum atomic E-state index is -1.63. The molecule has 0 aromatic heterocycles. The largest absolute Gasteiger partial charge is 0.458 e. The molecule has 1 saturated carbocycles. The molecule has 0 aromatic carbocycles. The van der Waals surface area contributed by atoms with Crippen molar-refractivity contribution in [1.82, 2.24) is 0 Å². The van der Waals surface area contributed by atoms with Gasteiger partial charge in [0.05, 0.1) is 24.2 Å². The van der Waals surface area contributed by atoms with E-state index < -0.39 is 84.2 Å². The highest BCUT2D eigenvalue weighted by Gasteiger charge is 2.72. The summed E-state index contributed by atoms with van der Waals surface area (Å²) in [5.41, 5.74) is -1.25. The third-order valence-electron chi connectivity index (χ3n) is 12.2. The van der Waals surface area contributed by atoms with Crippen LogP contribution in [-0.4, -0.2) is 114 Å². The van der Waals surface area contributed by atoms with Crippen LogP contribution in [0.4, 0.5) is 0 Å². The summed E-state index contributed by atoms with van der Waals surface area (Å²) in [6, 6.07) is 0. The Hall–Kier alpha value is -2.47. The number of esters is 3. The average molecular weight is 769 g/mol. The van der Waals surface area contributed by atoms with E-state index in [4.69, 9.17) is 38.2 Å². The van der Waals surface area contributed by atoms with E-state index in [1.165, 1.54) is 26.7 Å². The van der Waals surface area contributed by atoms with E-state index in [-0.39, 0.29) is 57.4 Å². The van der Waals surface area contributed by atoms with Gasteiger partial charge in [-0.05, 0) is 54.6 Å². The standard InChI is InChI=1S/C39H60O15/c1-6-7-8-9-10-11-12-13-32(44)52-26-17-27-35(50-23(3)40)54-37(51-24(4)41)39(27)30(18-26)38(5,19-28(42)25-14-15-48-49-20-25)22(2)16-31(39)53-36-34(46)33(45)29(43)21-47-36/h14,17,22,26,28-31,33-37,42-43,45-46H,6-13,15-16,18-21H2,1-5H3/t22-,26+,28+,29-,30+,31+,33+,34-,35+,36?,37-,38-,39-/m1/s1. The quantitative estimate of drug-likeness (QED) is 0.0585. The number of hydrogen-bond donors (Lipinski definition) is 4. The number of carbonyl (C=O) groups excluding carboxylic acids is 3. The molecule has 3 aliphatic heterocycles. The molecule has 2 aliphatic carbocycles. The highest BCUT2D eigenvalue weighted by Crippen LogP contribution is 2.68. The van der Waals surface area contributed by atoms with Crippen molar-refractivity contribution in [3.05, 3.63) is 23.3 Å². The van der Waals surface area contributed by atoms with E-state index in [0.29, 0.717) is 17.6 Å². The minimum Gasteiger partial charge on any atom is -0.458 e. The normalized spacial score (nSPS) is 38.3. The molecule has 3 fully saturated rings. The van der Waals surface area contributed by atoms with Crippen LogP contribution >= 0.6 is 0 Å². The zero-order chi connectivity index (χ0) is 39.2. The van der Waals surface area contributed by atoms with Gasteiger partial charge in [0, 0.05) is 25.8 Å². The SMILES string of the molecule is CCCCCCCCCC(=O)O[C@H]1C=C2[C@@H](OC(C)=O)O[C@@H](OC(C)=O)[C@]23[C@@H](OC2OC[C@@H](O)[C@H](O)[C@H]2O)C[C@@H](C)[C@@](C)(C[C@H](O)C2=CCOOC2)[C@@H]3C1. The van der Waals surface area contributed by atoms with Gasteiger partial charge in [0.2, 0.25) is 12.6 Å². The van der Waals surface area contributed by atoms with Crippen LogP contribution in [0.3, 0.4) is 0 Å². The number of ether oxygens (including phenoxy) is 6. The first-order chi connectivity index (χ1) is 25.7. The Bertz CT molecular complexity index is 1370. The molecule has 15 heteroatoms. The van der Waals surface area contributed by atoms with Gasteiger partial charge in [-0.25, -0.2) is 9.78 Å². The second kappa shape index (κ2) is 18.6. The Balaban J connectivity index is 1.56. The van der Waals surface area contributed by atoms with Gasteiger partial charge in [-0.2, -0.15) is 0 Å². The van der Waals surface area contributed by atoms with E-state index in [9.17, 15) is 34.8 Å². The van der Waals surface area contributed by atoms with Crippen molar-refractivity contribution < 1.29 is 73.0 Å². The zero-order valence-electron chi connectivity index (χ0n) is 32.2. The van der Waals surface area contributed by atoms with E-state index in [1.807, 2.05) is 13.8 Å². The number of carbonyl (C=O) groups is 3. The van der Waals surface area contributed by atoms with E-state index in [2.05, 4.69) is 6.92 Å². The van der Waals surface area contributed by atoms with Crippen LogP contribution in [0.2, 0.25) is 0 Å². The second-order valence-electron chi connectivity index (χ2n) is 15.8. The summed E-state index contributed by atoms with van der Waals surface area (Å²) in [4.78, 5) is 48.9. The van der Waals surface area contributed by atoms with Gasteiger partial charge in [0.1, 0.15) is 37.6 Å². The fraction of sp³-hybridized carbons (Fsp3) is 0.821. The third kappa shape index (κ3) is 9.21. The molecule has 15 nitrogen and oxygen atoms in total. The molecule has 1 spiro atoms. The van der Waals surface area contributed by atoms with Gasteiger partial charge < -0.3 is 44.1 Å². The summed E-state index contributed by atoms with van der Waals surface area (Å²) in [6.07, 6.45) is 0.126. The Kier molecular flexibility index (Phi) is 14.7. The van der Waals surface area contributed by atoms with Gasteiger partial charge in [-0.1, -0.05) is 65.4 Å². The van der Waals surface area contributed by atoms with Gasteiger partial charge in [-0.15, -0.1) is 0 Å². The first-order valence-corrected chi connectivity index (χ1v) is 19.6. The van der Waals surface area contributed by atoms with Crippen molar-refractivity contribution >= 4 is 17.9 Å². The number of aliphatic hydroxyl groups is 4. The molecule has 1 unspecified atom stereocenters. The molecule has 54 heavy (non-hydrogen) atoms. The van der Waals surface area contributed by atoms with Crippen molar-refractivity contribution in [2.24, 2.45) is 22.7 Å². The van der Waals surface area contributed by atoms with E-state index >= 15 is 0 Å². The molecular formula is C39H60O15. The maximum Gasteiger partial charge on any atom is 0.306 e. The van der Waals surface area contributed by atoms with Crippen LogP contribution in [0.1, 0.15) is 105 Å². The van der Waals surface area contributed by atoms with Crippen LogP contribution in [-0.2, 0) is 52.6 Å². The van der Waals surface area contributed by atoms with E-state index in [1.54, 1.807) is 12.2 Å². The molecule has 2 saturated heterocycles. The maximum atomic E-state index is 13.4. The third-order valence-corrected chi connectivity index (χ3v) is 12.2. The highest BCUT2D eigenvalue weighted by molar-refractivity contribution is 5.70. The fourth-order valence-corrected chi connectivity index (χ4v) is 9.19. The van der Waals surface area contributed by atoms with Gasteiger partial charge in [0.15, 0.2) is 6.29 Å². The molecule has 0 amide bonds. The minimum absolute atomic E-state index is 0.0654. The van der Waals surface area contributed by atoms with Crippen LogP contribution < -0.4 is 0 Å². The molecule has 4 N–H and O–H groups in total. The topological polar surface area (TPSA) is 206 Å². The van der Waals surface area contributed by atoms with Gasteiger partial charge >= 0.3 is 17.9 Å². The van der Waals surface area contributed by atoms with Crippen molar-refractivity contribution in [2.45, 2.75) is 161 Å². The van der Waals surface area contributed by atoms with Gasteiger partial charge in [-0.3, -0.25) is 19.1 Å². The maximum absolute atomic E-state index is 13.4. The number of unbranched alkanes of at least 4 members (excludes halogenated alkanes) is 6. The number of hydrogen-bond acceptors (Lipinski definition) is 15. The molecule has 5 aliphatic rings. The van der Waals surface area contributed by atoms with Crippen molar-refractivity contribution in [3.63, 3.8) is 0 Å². The second-order valence-corrected chi connectivity index (χ2v) is 15.8. The smallest absolute Gasteiger partial charge is 0.306 e. The first kappa shape index (κ1) is 42.7. The van der Waals surface area contributed by atoms with Crippen molar-refractivity contribution in [2.75, 3.05) is 19.8 Å². The molecule has 306 valence electrons. The summed E-state index contributed by atoms with van der Waals surface area (Å²) in [7, 11) is 0. The lowest BCUT2D eigenvalue weighted by atomic mass is 9.44. The van der Waals surface area contributed by atoms with Crippen LogP contribution in [0.25, 0.3) is 0 Å². The molecular weight excluding hydrogens is 708 g/mol. The Labute approximate surface area is 317 Å². The lowest BCUT2D eigenvalue weighted by Gasteiger charge is -2.62. The fourth-order valence-electron chi connectivity index (χ4n) is 9.19. The van der Waals surface area contributed by atoms with Crippen LogP contribution in [0.5, 0.6) is 0 Å².